The topological polar surface area (TPSA) is 88.3 Å². The number of nitrogens with one attached hydrogen (secondary N) is 1. The number of fused-ring (bicyclic) bond motifs is 1. The number of hydrogen-bond donors (Lipinski definition) is 1. The molecule has 8 nitrogen and oxygen atoms in total. The van der Waals surface area contributed by atoms with Gasteiger partial charge in [-0.05, 0) is 51.1 Å². The van der Waals surface area contributed by atoms with E-state index in [1.807, 2.05) is 5.38 Å². The van der Waals surface area contributed by atoms with Gasteiger partial charge < -0.3 is 5.32 Å². The molecule has 0 unspecified atom stereocenters. The van der Waals surface area contributed by atoms with Crippen LogP contribution in [0.15, 0.2) is 5.38 Å². The van der Waals surface area contributed by atoms with E-state index in [4.69, 9.17) is 0 Å². The zero-order valence-electron chi connectivity index (χ0n) is 18.7. The standard InChI is InChI=1S/C21H26F3N7OS/c1-12-5-4-8-30(9-12)10-15-11-33-20(26-15)27-17(32)7-6-16-13(2)25-19-28-18(21(22,23)24)29-31(19)14(16)3/h11-12H,4-10H2,1-3H3,(H,26,27,32)/t12-/m0/s1. The summed E-state index contributed by atoms with van der Waals surface area (Å²) in [5, 5.41) is 8.88. The number of carbonyl (C=O) groups excluding carboxylic acids is 1. The number of rotatable bonds is 6. The fraction of sp³-hybridized carbons (Fsp3) is 0.571. The number of aryl methyl sites for hydroxylation is 2. The molecule has 178 valence electrons. The quantitative estimate of drug-likeness (QED) is 0.572. The predicted molar refractivity (Wildman–Crippen MR) is 118 cm³/mol. The molecule has 0 aromatic carbocycles. The maximum atomic E-state index is 12.9. The number of hydrogen-bond acceptors (Lipinski definition) is 7. The normalized spacial score (nSPS) is 17.6. The number of likely N-dealkylation sites (tertiary alicyclic amines) is 1. The first-order valence-corrected chi connectivity index (χ1v) is 11.7. The molecule has 1 aliphatic rings. The fourth-order valence-corrected chi connectivity index (χ4v) is 4.92. The minimum Gasteiger partial charge on any atom is -0.302 e. The molecule has 4 rings (SSSR count). The second-order valence-electron chi connectivity index (χ2n) is 8.58. The molecule has 33 heavy (non-hydrogen) atoms. The molecule has 4 heterocycles. The average molecular weight is 482 g/mol. The van der Waals surface area contributed by atoms with Crippen LogP contribution < -0.4 is 5.32 Å². The number of halogens is 3. The summed E-state index contributed by atoms with van der Waals surface area (Å²) in [6, 6.07) is 0. The monoisotopic (exact) mass is 481 g/mol. The van der Waals surface area contributed by atoms with Crippen molar-refractivity contribution in [2.45, 2.75) is 59.2 Å². The molecule has 3 aromatic rings. The fourth-order valence-electron chi connectivity index (χ4n) is 4.21. The van der Waals surface area contributed by atoms with E-state index in [1.54, 1.807) is 13.8 Å². The summed E-state index contributed by atoms with van der Waals surface area (Å²) in [6.07, 6.45) is -1.73. The lowest BCUT2D eigenvalue weighted by molar-refractivity contribution is -0.144. The van der Waals surface area contributed by atoms with Crippen molar-refractivity contribution in [3.63, 3.8) is 0 Å². The molecule has 0 spiro atoms. The van der Waals surface area contributed by atoms with Crippen molar-refractivity contribution in [1.82, 2.24) is 29.5 Å². The first-order chi connectivity index (χ1) is 15.6. The first kappa shape index (κ1) is 23.6. The molecule has 0 aliphatic carbocycles. The summed E-state index contributed by atoms with van der Waals surface area (Å²) in [6.45, 7) is 8.50. The van der Waals surface area contributed by atoms with Gasteiger partial charge in [0.15, 0.2) is 5.13 Å². The Morgan fingerprint density at radius 2 is 2.06 bits per heavy atom. The van der Waals surface area contributed by atoms with Crippen LogP contribution in [0.3, 0.4) is 0 Å². The lowest BCUT2D eigenvalue weighted by atomic mass is 10.0. The molecule has 0 saturated carbocycles. The molecular formula is C21H26F3N7OS. The van der Waals surface area contributed by atoms with Gasteiger partial charge in [-0.25, -0.2) is 14.5 Å². The van der Waals surface area contributed by atoms with E-state index in [0.717, 1.165) is 29.8 Å². The largest absolute Gasteiger partial charge is 0.453 e. The number of carbonyl (C=O) groups is 1. The molecule has 0 radical (unpaired) electrons. The van der Waals surface area contributed by atoms with Gasteiger partial charge in [0.05, 0.1) is 5.69 Å². The van der Waals surface area contributed by atoms with Crippen molar-refractivity contribution in [3.8, 4) is 0 Å². The van der Waals surface area contributed by atoms with Crippen LogP contribution in [0.2, 0.25) is 0 Å². The Bertz CT molecular complexity index is 1160. The molecular weight excluding hydrogens is 455 g/mol. The lowest BCUT2D eigenvalue weighted by Gasteiger charge is -2.30. The van der Waals surface area contributed by atoms with Crippen LogP contribution in [0.5, 0.6) is 0 Å². The second-order valence-corrected chi connectivity index (χ2v) is 9.44. The number of thiazole rings is 1. The van der Waals surface area contributed by atoms with Crippen molar-refractivity contribution in [2.24, 2.45) is 5.92 Å². The number of aromatic nitrogens is 5. The Morgan fingerprint density at radius 1 is 1.27 bits per heavy atom. The molecule has 1 saturated heterocycles. The summed E-state index contributed by atoms with van der Waals surface area (Å²) < 4.78 is 39.9. The van der Waals surface area contributed by atoms with E-state index in [0.29, 0.717) is 34.4 Å². The van der Waals surface area contributed by atoms with Crippen LogP contribution in [0, 0.1) is 19.8 Å². The molecule has 1 atom stereocenters. The van der Waals surface area contributed by atoms with E-state index in [-0.39, 0.29) is 18.1 Å². The minimum absolute atomic E-state index is 0.107. The Kier molecular flexibility index (Phi) is 6.66. The average Bonchev–Trinajstić information content (AvgIpc) is 3.34. The highest BCUT2D eigenvalue weighted by Gasteiger charge is 2.37. The van der Waals surface area contributed by atoms with Gasteiger partial charge in [-0.1, -0.05) is 6.92 Å². The van der Waals surface area contributed by atoms with Crippen molar-refractivity contribution < 1.29 is 18.0 Å². The van der Waals surface area contributed by atoms with Gasteiger partial charge in [0, 0.05) is 36.3 Å². The van der Waals surface area contributed by atoms with Crippen molar-refractivity contribution in [3.05, 3.63) is 33.8 Å². The highest BCUT2D eigenvalue weighted by Crippen LogP contribution is 2.27. The Hall–Kier alpha value is -2.60. The summed E-state index contributed by atoms with van der Waals surface area (Å²) >= 11 is 1.39. The van der Waals surface area contributed by atoms with Crippen LogP contribution in [0.1, 0.15) is 54.7 Å². The van der Waals surface area contributed by atoms with Crippen LogP contribution in [0.4, 0.5) is 18.3 Å². The summed E-state index contributed by atoms with van der Waals surface area (Å²) in [7, 11) is 0. The maximum Gasteiger partial charge on any atom is 0.453 e. The smallest absolute Gasteiger partial charge is 0.302 e. The van der Waals surface area contributed by atoms with Crippen molar-refractivity contribution in [2.75, 3.05) is 18.4 Å². The Labute approximate surface area is 193 Å². The van der Waals surface area contributed by atoms with E-state index in [9.17, 15) is 18.0 Å². The number of anilines is 1. The summed E-state index contributed by atoms with van der Waals surface area (Å²) in [5.74, 6) is -0.861. The van der Waals surface area contributed by atoms with Gasteiger partial charge >= 0.3 is 6.18 Å². The number of nitrogens with zero attached hydrogens (tertiary/aromatic N) is 6. The SMILES string of the molecule is Cc1nc2nc(C(F)(F)F)nn2c(C)c1CCC(=O)Nc1nc(CN2CCC[C@H](C)C2)cs1. The maximum absolute atomic E-state index is 12.9. The minimum atomic E-state index is -4.65. The third-order valence-corrected chi connectivity index (χ3v) is 6.64. The van der Waals surface area contributed by atoms with E-state index < -0.39 is 12.0 Å². The number of alkyl halides is 3. The second kappa shape index (κ2) is 9.34. The Balaban J connectivity index is 1.37. The molecule has 1 amide bonds. The predicted octanol–water partition coefficient (Wildman–Crippen LogP) is 4.02. The Morgan fingerprint density at radius 3 is 2.79 bits per heavy atom. The van der Waals surface area contributed by atoms with Gasteiger partial charge in [0.25, 0.3) is 11.6 Å². The van der Waals surface area contributed by atoms with Crippen LogP contribution in [-0.2, 0) is 23.9 Å². The van der Waals surface area contributed by atoms with Crippen LogP contribution >= 0.6 is 11.3 Å². The third-order valence-electron chi connectivity index (χ3n) is 5.83. The van der Waals surface area contributed by atoms with Crippen LogP contribution in [0.25, 0.3) is 5.78 Å². The van der Waals surface area contributed by atoms with Gasteiger partial charge in [0.2, 0.25) is 5.91 Å². The van der Waals surface area contributed by atoms with Gasteiger partial charge in [0.1, 0.15) is 0 Å². The van der Waals surface area contributed by atoms with Gasteiger partial charge in [-0.2, -0.15) is 18.2 Å². The van der Waals surface area contributed by atoms with Gasteiger partial charge in [-0.3, -0.25) is 9.69 Å². The first-order valence-electron chi connectivity index (χ1n) is 10.9. The number of amides is 1. The highest BCUT2D eigenvalue weighted by molar-refractivity contribution is 7.13. The van der Waals surface area contributed by atoms with Gasteiger partial charge in [-0.15, -0.1) is 16.4 Å². The summed E-state index contributed by atoms with van der Waals surface area (Å²) in [4.78, 5) is 27.0. The van der Waals surface area contributed by atoms with Crippen LogP contribution in [-0.4, -0.2) is 48.5 Å². The molecule has 1 aliphatic heterocycles. The summed E-state index contributed by atoms with van der Waals surface area (Å²) in [5.41, 5.74) is 2.63. The highest BCUT2D eigenvalue weighted by atomic mass is 32.1. The molecule has 1 N–H and O–H groups in total. The molecule has 0 bridgehead atoms. The zero-order valence-corrected chi connectivity index (χ0v) is 19.6. The van der Waals surface area contributed by atoms with Crippen molar-refractivity contribution in [1.29, 1.82) is 0 Å². The van der Waals surface area contributed by atoms with Crippen molar-refractivity contribution >= 4 is 28.2 Å². The third kappa shape index (κ3) is 5.49. The van der Waals surface area contributed by atoms with E-state index in [1.165, 1.54) is 24.2 Å². The zero-order chi connectivity index (χ0) is 23.8. The molecule has 1 fully saturated rings. The van der Waals surface area contributed by atoms with E-state index >= 15 is 0 Å². The molecule has 3 aromatic heterocycles. The molecule has 12 heteroatoms. The van der Waals surface area contributed by atoms with E-state index in [2.05, 4.69) is 37.2 Å². The number of piperidine rings is 1. The lowest BCUT2D eigenvalue weighted by Crippen LogP contribution is -2.33.